The fourth-order valence-electron chi connectivity index (χ4n) is 3.45. The second-order valence-corrected chi connectivity index (χ2v) is 12.1. The lowest BCUT2D eigenvalue weighted by molar-refractivity contribution is 0.599. The van der Waals surface area contributed by atoms with Crippen LogP contribution in [0.1, 0.15) is 0 Å². The van der Waals surface area contributed by atoms with Gasteiger partial charge in [0.1, 0.15) is 5.52 Å². The Labute approximate surface area is 223 Å². The van der Waals surface area contributed by atoms with Crippen molar-refractivity contribution in [3.63, 3.8) is 0 Å². The summed E-state index contributed by atoms with van der Waals surface area (Å²) in [6, 6.07) is 22.9. The first kappa shape index (κ1) is 25.1. The molecule has 0 saturated heterocycles. The van der Waals surface area contributed by atoms with E-state index in [1.54, 1.807) is 42.5 Å². The average molecular weight is 574 g/mol. The Morgan fingerprint density at radius 1 is 0.622 bits per heavy atom. The summed E-state index contributed by atoms with van der Waals surface area (Å²) >= 11 is 11.7. The van der Waals surface area contributed by atoms with Crippen molar-refractivity contribution in [1.29, 1.82) is 0 Å². The minimum atomic E-state index is -3.82. The maximum atomic E-state index is 12.7. The number of nitrogens with zero attached hydrogens (tertiary/aromatic N) is 1. The predicted molar refractivity (Wildman–Crippen MR) is 144 cm³/mol. The third-order valence-electron chi connectivity index (χ3n) is 5.27. The van der Waals surface area contributed by atoms with Gasteiger partial charge < -0.3 is 4.42 Å². The van der Waals surface area contributed by atoms with E-state index in [1.807, 2.05) is 0 Å². The monoisotopic (exact) mass is 573 g/mol. The van der Waals surface area contributed by atoms with E-state index in [4.69, 9.17) is 27.6 Å². The molecule has 0 atom stereocenters. The first-order valence-electron chi connectivity index (χ1n) is 10.7. The quantitative estimate of drug-likeness (QED) is 0.232. The first-order valence-corrected chi connectivity index (χ1v) is 14.4. The molecule has 37 heavy (non-hydrogen) atoms. The molecular formula is C25H17Cl2N3O5S2. The van der Waals surface area contributed by atoms with E-state index in [0.717, 1.165) is 0 Å². The van der Waals surface area contributed by atoms with Crippen molar-refractivity contribution in [2.45, 2.75) is 9.79 Å². The molecule has 0 amide bonds. The Morgan fingerprint density at radius 3 is 1.65 bits per heavy atom. The number of benzene rings is 4. The van der Waals surface area contributed by atoms with Crippen LogP contribution in [0.3, 0.4) is 0 Å². The third-order valence-corrected chi connectivity index (χ3v) is 8.57. The van der Waals surface area contributed by atoms with E-state index in [1.165, 1.54) is 48.5 Å². The number of fused-ring (bicyclic) bond motifs is 1. The summed E-state index contributed by atoms with van der Waals surface area (Å²) in [7, 11) is -7.60. The van der Waals surface area contributed by atoms with Gasteiger partial charge in [-0.25, -0.2) is 21.8 Å². The van der Waals surface area contributed by atoms with Gasteiger partial charge in [0.2, 0.25) is 5.89 Å². The zero-order valence-corrected chi connectivity index (χ0v) is 21.9. The second-order valence-electron chi connectivity index (χ2n) is 7.90. The van der Waals surface area contributed by atoms with Crippen molar-refractivity contribution in [3.05, 3.63) is 101 Å². The minimum Gasteiger partial charge on any atom is -0.436 e. The number of anilines is 2. The third kappa shape index (κ3) is 5.57. The van der Waals surface area contributed by atoms with Crippen molar-refractivity contribution in [3.8, 4) is 11.5 Å². The highest BCUT2D eigenvalue weighted by Crippen LogP contribution is 2.29. The number of rotatable bonds is 7. The molecular weight excluding hydrogens is 557 g/mol. The zero-order chi connectivity index (χ0) is 26.2. The SMILES string of the molecule is O=S(=O)(Nc1ccc(-c2nc3cc(NS(=O)(=O)c4ccc(Cl)cc4)ccc3o2)cc1)c1ccc(Cl)cc1. The van der Waals surface area contributed by atoms with Gasteiger partial charge in [-0.05, 0) is 91.0 Å². The summed E-state index contributed by atoms with van der Waals surface area (Å²) in [6.45, 7) is 0. The molecule has 8 nitrogen and oxygen atoms in total. The Kier molecular flexibility index (Phi) is 6.59. The molecule has 0 aliphatic heterocycles. The van der Waals surface area contributed by atoms with Crippen LogP contribution < -0.4 is 9.44 Å². The van der Waals surface area contributed by atoms with Crippen molar-refractivity contribution in [1.82, 2.24) is 4.98 Å². The Balaban J connectivity index is 1.34. The molecule has 4 aromatic carbocycles. The number of nitrogens with one attached hydrogen (secondary N) is 2. The van der Waals surface area contributed by atoms with E-state index in [2.05, 4.69) is 14.4 Å². The van der Waals surface area contributed by atoms with E-state index >= 15 is 0 Å². The molecule has 0 fully saturated rings. The molecule has 1 heterocycles. The van der Waals surface area contributed by atoms with Crippen molar-refractivity contribution >= 4 is 65.7 Å². The summed E-state index contributed by atoms with van der Waals surface area (Å²) in [4.78, 5) is 4.61. The molecule has 188 valence electrons. The van der Waals surface area contributed by atoms with E-state index in [9.17, 15) is 16.8 Å². The lowest BCUT2D eigenvalue weighted by atomic mass is 10.2. The van der Waals surface area contributed by atoms with Gasteiger partial charge in [0, 0.05) is 21.3 Å². The van der Waals surface area contributed by atoms with Crippen molar-refractivity contribution in [2.24, 2.45) is 0 Å². The van der Waals surface area contributed by atoms with Gasteiger partial charge in [-0.2, -0.15) is 0 Å². The minimum absolute atomic E-state index is 0.0737. The van der Waals surface area contributed by atoms with Crippen LogP contribution in [-0.4, -0.2) is 21.8 Å². The van der Waals surface area contributed by atoms with Gasteiger partial charge in [0.25, 0.3) is 20.0 Å². The summed E-state index contributed by atoms with van der Waals surface area (Å²) in [5, 5.41) is 0.871. The van der Waals surface area contributed by atoms with Crippen LogP contribution in [0.25, 0.3) is 22.6 Å². The van der Waals surface area contributed by atoms with Crippen LogP contribution >= 0.6 is 23.2 Å². The number of oxazole rings is 1. The van der Waals surface area contributed by atoms with Crippen LogP contribution in [-0.2, 0) is 20.0 Å². The topological polar surface area (TPSA) is 118 Å². The molecule has 0 aliphatic carbocycles. The molecule has 0 unspecified atom stereocenters. The fraction of sp³-hybridized carbons (Fsp3) is 0. The van der Waals surface area contributed by atoms with Gasteiger partial charge in [-0.1, -0.05) is 23.2 Å². The van der Waals surface area contributed by atoms with Gasteiger partial charge in [0.05, 0.1) is 15.5 Å². The van der Waals surface area contributed by atoms with Crippen LogP contribution in [0, 0.1) is 0 Å². The summed E-state index contributed by atoms with van der Waals surface area (Å²) in [6.07, 6.45) is 0. The molecule has 0 spiro atoms. The molecule has 0 aliphatic rings. The van der Waals surface area contributed by atoms with Crippen LogP contribution in [0.2, 0.25) is 10.0 Å². The maximum absolute atomic E-state index is 12.7. The largest absolute Gasteiger partial charge is 0.436 e. The van der Waals surface area contributed by atoms with Gasteiger partial charge >= 0.3 is 0 Å². The van der Waals surface area contributed by atoms with Crippen LogP contribution in [0.5, 0.6) is 0 Å². The standard InChI is InChI=1S/C25H17Cl2N3O5S2/c26-17-3-10-21(11-4-17)36(31,32)29-19-7-1-16(2-8-19)25-28-23-15-20(9-14-24(23)35-25)30-37(33,34)22-12-5-18(27)6-13-22/h1-15,29-30H. The summed E-state index contributed by atoms with van der Waals surface area (Å²) in [5.74, 6) is 0.291. The summed E-state index contributed by atoms with van der Waals surface area (Å²) < 4.78 is 61.3. The molecule has 0 bridgehead atoms. The van der Waals surface area contributed by atoms with Crippen LogP contribution in [0.4, 0.5) is 11.4 Å². The molecule has 0 saturated carbocycles. The number of halogens is 2. The smallest absolute Gasteiger partial charge is 0.261 e. The lowest BCUT2D eigenvalue weighted by Crippen LogP contribution is -2.12. The highest BCUT2D eigenvalue weighted by Gasteiger charge is 2.17. The lowest BCUT2D eigenvalue weighted by Gasteiger charge is -2.08. The molecule has 5 aromatic rings. The second kappa shape index (κ2) is 9.71. The summed E-state index contributed by atoms with van der Waals surface area (Å²) in [5.41, 5.74) is 2.17. The van der Waals surface area contributed by atoms with E-state index < -0.39 is 20.0 Å². The van der Waals surface area contributed by atoms with Gasteiger partial charge in [-0.3, -0.25) is 9.44 Å². The highest BCUT2D eigenvalue weighted by molar-refractivity contribution is 7.93. The van der Waals surface area contributed by atoms with Crippen LogP contribution in [0.15, 0.2) is 105 Å². The normalized spacial score (nSPS) is 11.9. The zero-order valence-electron chi connectivity index (χ0n) is 18.7. The number of aromatic nitrogens is 1. The van der Waals surface area contributed by atoms with Gasteiger partial charge in [-0.15, -0.1) is 0 Å². The number of sulfonamides is 2. The average Bonchev–Trinajstić information content (AvgIpc) is 3.28. The van der Waals surface area contributed by atoms with Crippen molar-refractivity contribution < 1.29 is 21.3 Å². The Hall–Kier alpha value is -3.57. The molecule has 12 heteroatoms. The number of hydrogen-bond donors (Lipinski definition) is 2. The van der Waals surface area contributed by atoms with Gasteiger partial charge in [0.15, 0.2) is 5.58 Å². The Bertz CT molecular complexity index is 1800. The van der Waals surface area contributed by atoms with Crippen molar-refractivity contribution in [2.75, 3.05) is 9.44 Å². The maximum Gasteiger partial charge on any atom is 0.261 e. The highest BCUT2D eigenvalue weighted by atomic mass is 35.5. The van der Waals surface area contributed by atoms with E-state index in [-0.39, 0.29) is 9.79 Å². The fourth-order valence-corrected chi connectivity index (χ4v) is 5.81. The predicted octanol–water partition coefficient (Wildman–Crippen LogP) is 6.40. The molecule has 1 aromatic heterocycles. The Morgan fingerprint density at radius 2 is 1.11 bits per heavy atom. The molecule has 2 N–H and O–H groups in total. The van der Waals surface area contributed by atoms with E-state index in [0.29, 0.717) is 44.0 Å². The molecule has 5 rings (SSSR count). The first-order chi connectivity index (χ1) is 17.6. The number of hydrogen-bond acceptors (Lipinski definition) is 6. The molecule has 0 radical (unpaired) electrons.